The Morgan fingerprint density at radius 3 is 2.84 bits per heavy atom. The van der Waals surface area contributed by atoms with Crippen LogP contribution in [0.15, 0.2) is 11.1 Å². The number of aliphatic hydroxyl groups is 1. The van der Waals surface area contributed by atoms with Crippen molar-refractivity contribution < 1.29 is 9.84 Å². The minimum atomic E-state index is -0.232. The molecule has 0 spiro atoms. The van der Waals surface area contributed by atoms with Gasteiger partial charge in [-0.25, -0.2) is 4.98 Å². The summed E-state index contributed by atoms with van der Waals surface area (Å²) in [6.07, 6.45) is 1.55. The van der Waals surface area contributed by atoms with E-state index in [4.69, 9.17) is 5.11 Å². The number of nitrogens with one attached hydrogen (secondary N) is 2. The zero-order chi connectivity index (χ0) is 14.4. The van der Waals surface area contributed by atoms with Crippen molar-refractivity contribution in [3.8, 4) is 0 Å². The number of methoxy groups -OCH3 is 1. The van der Waals surface area contributed by atoms with Gasteiger partial charge in [0.1, 0.15) is 0 Å². The summed E-state index contributed by atoms with van der Waals surface area (Å²) in [4.78, 5) is 22.0. The van der Waals surface area contributed by atoms with Gasteiger partial charge < -0.3 is 14.4 Å². The van der Waals surface area contributed by atoms with Gasteiger partial charge in [0.15, 0.2) is 11.2 Å². The van der Waals surface area contributed by atoms with E-state index in [0.29, 0.717) is 17.1 Å². The maximum absolute atomic E-state index is 11.4. The minimum absolute atomic E-state index is 0.00926. The molecule has 0 aliphatic rings. The molecule has 0 radical (unpaired) electrons. The molecule has 0 saturated heterocycles. The number of aromatic amines is 1. The highest BCUT2D eigenvalue weighted by Gasteiger charge is 2.06. The second kappa shape index (κ2) is 7.40. The molecule has 1 unspecified atom stereocenters. The molecule has 19 heavy (non-hydrogen) atoms. The monoisotopic (exact) mass is 381 g/mol. The Hall–Kier alpha value is -1.20. The van der Waals surface area contributed by atoms with Gasteiger partial charge in [-0.2, -0.15) is 4.98 Å². The van der Waals surface area contributed by atoms with Crippen LogP contribution in [0.5, 0.6) is 0 Å². The Morgan fingerprint density at radius 2 is 2.37 bits per heavy atom. The fourth-order valence-corrected chi connectivity index (χ4v) is 1.39. The third-order valence-corrected chi connectivity index (χ3v) is 2.83. The number of hydrogen-bond donors (Lipinski definition) is 3. The van der Waals surface area contributed by atoms with E-state index in [1.807, 2.05) is 22.9 Å². The molecule has 8 nitrogen and oxygen atoms in total. The van der Waals surface area contributed by atoms with Gasteiger partial charge in [0.2, 0.25) is 5.95 Å². The predicted octanol–water partition coefficient (Wildman–Crippen LogP) is 0.432. The van der Waals surface area contributed by atoms with Gasteiger partial charge in [-0.1, -0.05) is 0 Å². The van der Waals surface area contributed by atoms with Gasteiger partial charge in [0.25, 0.3) is 5.56 Å². The number of aryl methyl sites for hydroxylation is 1. The molecule has 0 aromatic carbocycles. The van der Waals surface area contributed by atoms with Gasteiger partial charge in [-0.15, -0.1) is 0 Å². The second-order valence-corrected chi connectivity index (χ2v) is 4.30. The van der Waals surface area contributed by atoms with Crippen LogP contribution in [0.25, 0.3) is 11.2 Å². The number of fused-ring (bicyclic) bond motifs is 1. The number of hydrogen-bond acceptors (Lipinski definition) is 6. The molecule has 106 valence electrons. The molecule has 2 aromatic rings. The molecule has 2 rings (SSSR count). The van der Waals surface area contributed by atoms with Gasteiger partial charge >= 0.3 is 0 Å². The van der Waals surface area contributed by atoms with E-state index in [2.05, 4.69) is 23.2 Å². The lowest BCUT2D eigenvalue weighted by molar-refractivity contribution is 0.0623. The maximum Gasteiger partial charge on any atom is 0.280 e. The average Bonchev–Trinajstić information content (AvgIpc) is 2.80. The molecule has 0 aliphatic carbocycles. The number of anilines is 1. The molecule has 0 fully saturated rings. The average molecular weight is 381 g/mol. The molecule has 0 saturated carbocycles. The number of aliphatic hydroxyl groups excluding tert-OH is 1. The molecular formula is C10H16IN5O3. The van der Waals surface area contributed by atoms with E-state index >= 15 is 0 Å². The zero-order valence-electron chi connectivity index (χ0n) is 10.8. The van der Waals surface area contributed by atoms with E-state index in [1.165, 1.54) is 0 Å². The van der Waals surface area contributed by atoms with Gasteiger partial charge in [-0.05, 0) is 6.92 Å². The lowest BCUT2D eigenvalue weighted by atomic mass is 10.4. The highest BCUT2D eigenvalue weighted by atomic mass is 127. The predicted molar refractivity (Wildman–Crippen MR) is 80.3 cm³/mol. The molecule has 2 heterocycles. The topological polar surface area (TPSA) is 105 Å². The van der Waals surface area contributed by atoms with E-state index in [9.17, 15) is 4.79 Å². The van der Waals surface area contributed by atoms with Crippen LogP contribution >= 0.6 is 22.9 Å². The Bertz CT molecular complexity index is 578. The first-order chi connectivity index (χ1) is 9.03. The Morgan fingerprint density at radius 1 is 1.68 bits per heavy atom. The first-order valence-electron chi connectivity index (χ1n) is 5.45. The lowest BCUT2D eigenvalue weighted by Crippen LogP contribution is -2.10. The maximum atomic E-state index is 11.4. The molecule has 0 amide bonds. The summed E-state index contributed by atoms with van der Waals surface area (Å²) in [5.74, 6) is 0.432. The lowest BCUT2D eigenvalue weighted by Gasteiger charge is -2.00. The summed E-state index contributed by atoms with van der Waals surface area (Å²) >= 11 is 1.90. The normalized spacial score (nSPS) is 11.8. The molecule has 9 heteroatoms. The minimum Gasteiger partial charge on any atom is -0.394 e. The summed E-state index contributed by atoms with van der Waals surface area (Å²) in [7, 11) is 3.36. The van der Waals surface area contributed by atoms with Crippen molar-refractivity contribution in [2.45, 2.75) is 13.0 Å². The number of aromatic nitrogens is 4. The van der Waals surface area contributed by atoms with E-state index in [1.54, 1.807) is 32.0 Å². The van der Waals surface area contributed by atoms with Gasteiger partial charge in [-0.3, -0.25) is 13.3 Å². The standard InChI is InChI=1S/C6H6IN5O.C4H10O2/c1-12-2-8-3-4(12)9-6(11-7)10-5(3)13;1-4(3-5)6-2/h2H,1H3,(H2,9,10,11,13);4-5H,3H2,1-2H3. The third-order valence-electron chi connectivity index (χ3n) is 2.32. The number of ether oxygens (including phenoxy) is 1. The van der Waals surface area contributed by atoms with Gasteiger partial charge in [0.05, 0.1) is 41.9 Å². The van der Waals surface area contributed by atoms with Crippen molar-refractivity contribution in [3.05, 3.63) is 16.7 Å². The summed E-state index contributed by atoms with van der Waals surface area (Å²) < 4.78 is 9.08. The summed E-state index contributed by atoms with van der Waals surface area (Å²) in [5, 5.41) is 8.21. The summed E-state index contributed by atoms with van der Waals surface area (Å²) in [6.45, 7) is 1.91. The number of halogens is 1. The van der Waals surface area contributed by atoms with Crippen molar-refractivity contribution in [2.75, 3.05) is 17.2 Å². The van der Waals surface area contributed by atoms with Crippen molar-refractivity contribution >= 4 is 40.0 Å². The van der Waals surface area contributed by atoms with Crippen LogP contribution in [0.4, 0.5) is 5.95 Å². The van der Waals surface area contributed by atoms with E-state index in [-0.39, 0.29) is 18.3 Å². The molecule has 0 bridgehead atoms. The van der Waals surface area contributed by atoms with Crippen LogP contribution in [-0.4, -0.2) is 44.4 Å². The number of H-pyrrole nitrogens is 1. The van der Waals surface area contributed by atoms with Crippen LogP contribution < -0.4 is 9.09 Å². The fraction of sp³-hybridized carbons (Fsp3) is 0.500. The Kier molecular flexibility index (Phi) is 6.18. The van der Waals surface area contributed by atoms with E-state index < -0.39 is 0 Å². The quantitative estimate of drug-likeness (QED) is 0.526. The van der Waals surface area contributed by atoms with Crippen LogP contribution in [0.3, 0.4) is 0 Å². The third kappa shape index (κ3) is 4.14. The first-order valence-corrected chi connectivity index (χ1v) is 6.53. The van der Waals surface area contributed by atoms with Gasteiger partial charge in [0, 0.05) is 14.2 Å². The highest BCUT2D eigenvalue weighted by molar-refractivity contribution is 14.1. The smallest absolute Gasteiger partial charge is 0.280 e. The number of rotatable bonds is 3. The number of imidazole rings is 1. The first kappa shape index (κ1) is 15.9. The van der Waals surface area contributed by atoms with Crippen LogP contribution in [0, 0.1) is 0 Å². The Balaban J connectivity index is 0.000000258. The number of nitrogens with zero attached hydrogens (tertiary/aromatic N) is 3. The molecular weight excluding hydrogens is 365 g/mol. The molecule has 3 N–H and O–H groups in total. The van der Waals surface area contributed by atoms with Crippen molar-refractivity contribution in [3.63, 3.8) is 0 Å². The summed E-state index contributed by atoms with van der Waals surface area (Å²) in [6, 6.07) is 0. The highest BCUT2D eigenvalue weighted by Crippen LogP contribution is 2.06. The second-order valence-electron chi connectivity index (χ2n) is 3.77. The zero-order valence-corrected chi connectivity index (χ0v) is 13.0. The van der Waals surface area contributed by atoms with Crippen LogP contribution in [-0.2, 0) is 11.8 Å². The SMILES string of the molecule is COC(C)CO.Cn1cnc2c(=O)[nH]c(NI)nc21. The molecule has 0 aliphatic heterocycles. The van der Waals surface area contributed by atoms with Crippen molar-refractivity contribution in [2.24, 2.45) is 7.05 Å². The van der Waals surface area contributed by atoms with Crippen LogP contribution in [0.1, 0.15) is 6.92 Å². The molecule has 2 aromatic heterocycles. The van der Waals surface area contributed by atoms with Crippen molar-refractivity contribution in [1.29, 1.82) is 0 Å². The van der Waals surface area contributed by atoms with Crippen LogP contribution in [0.2, 0.25) is 0 Å². The van der Waals surface area contributed by atoms with E-state index in [0.717, 1.165) is 0 Å². The largest absolute Gasteiger partial charge is 0.394 e. The van der Waals surface area contributed by atoms with Crippen molar-refractivity contribution in [1.82, 2.24) is 19.5 Å². The molecule has 1 atom stereocenters. The summed E-state index contributed by atoms with van der Waals surface area (Å²) in [5.41, 5.74) is 0.700. The Labute approximate surface area is 123 Å². The fourth-order valence-electron chi connectivity index (χ4n) is 1.14.